The third-order valence-electron chi connectivity index (χ3n) is 4.62. The van der Waals surface area contributed by atoms with Crippen LogP contribution < -0.4 is 5.32 Å². The van der Waals surface area contributed by atoms with Crippen molar-refractivity contribution < 1.29 is 0 Å². The largest absolute Gasteiger partial charge is 0.310 e. The van der Waals surface area contributed by atoms with Crippen LogP contribution >= 0.6 is 0 Å². The number of likely N-dealkylation sites (tertiary alicyclic amines) is 1. The topological polar surface area (TPSA) is 39.1 Å². The summed E-state index contributed by atoms with van der Waals surface area (Å²) in [6.07, 6.45) is 6.76. The first kappa shape index (κ1) is 13.8. The average Bonchev–Trinajstić information content (AvgIpc) is 2.82. The molecule has 1 aliphatic carbocycles. The molecule has 0 spiro atoms. The maximum absolute atomic E-state index is 8.90. The maximum atomic E-state index is 8.90. The Hall–Kier alpha value is -0.590. The number of nitrogens with zero attached hydrogens (tertiary/aromatic N) is 2. The lowest BCUT2D eigenvalue weighted by Crippen LogP contribution is -2.52. The van der Waals surface area contributed by atoms with Crippen LogP contribution in [0.2, 0.25) is 0 Å². The number of nitriles is 1. The van der Waals surface area contributed by atoms with Crippen molar-refractivity contribution in [2.75, 3.05) is 19.6 Å². The van der Waals surface area contributed by atoms with E-state index >= 15 is 0 Å². The third kappa shape index (κ3) is 3.70. The van der Waals surface area contributed by atoms with E-state index in [0.29, 0.717) is 12.6 Å². The molecule has 0 amide bonds. The zero-order valence-electron chi connectivity index (χ0n) is 11.9. The number of hydrogen-bond acceptors (Lipinski definition) is 3. The molecule has 0 aromatic carbocycles. The lowest BCUT2D eigenvalue weighted by Gasteiger charge is -2.40. The summed E-state index contributed by atoms with van der Waals surface area (Å²) in [5.41, 5.74) is 0. The molecule has 2 unspecified atom stereocenters. The molecule has 0 aromatic rings. The molecule has 2 fully saturated rings. The molecule has 2 atom stereocenters. The summed E-state index contributed by atoms with van der Waals surface area (Å²) in [5.74, 6) is 1.46. The molecule has 18 heavy (non-hydrogen) atoms. The summed E-state index contributed by atoms with van der Waals surface area (Å²) in [6.45, 7) is 7.38. The van der Waals surface area contributed by atoms with Crippen LogP contribution in [-0.2, 0) is 0 Å². The van der Waals surface area contributed by atoms with Gasteiger partial charge < -0.3 is 5.32 Å². The molecule has 102 valence electrons. The van der Waals surface area contributed by atoms with Crippen molar-refractivity contribution in [3.63, 3.8) is 0 Å². The molecule has 0 aromatic heterocycles. The highest BCUT2D eigenvalue weighted by molar-refractivity contribution is 4.90. The van der Waals surface area contributed by atoms with Crippen LogP contribution in [0.3, 0.4) is 0 Å². The standard InChI is InChI=1S/C15H27N3/c1-12(2)13-9-15(11-18(10-13)8-7-16)17-14-5-3-4-6-14/h12-15,17H,3-6,8-11H2,1-2H3. The summed E-state index contributed by atoms with van der Waals surface area (Å²) < 4.78 is 0. The summed E-state index contributed by atoms with van der Waals surface area (Å²) in [6, 6.07) is 3.65. The molecule has 1 saturated heterocycles. The highest BCUT2D eigenvalue weighted by Gasteiger charge is 2.30. The quantitative estimate of drug-likeness (QED) is 0.778. The Labute approximate surface area is 112 Å². The second kappa shape index (κ2) is 6.54. The van der Waals surface area contributed by atoms with E-state index in [1.807, 2.05) is 0 Å². The first-order valence-electron chi connectivity index (χ1n) is 7.54. The van der Waals surface area contributed by atoms with Gasteiger partial charge in [0.05, 0.1) is 12.6 Å². The molecular weight excluding hydrogens is 222 g/mol. The maximum Gasteiger partial charge on any atom is 0.0866 e. The van der Waals surface area contributed by atoms with E-state index in [-0.39, 0.29) is 0 Å². The molecule has 3 nitrogen and oxygen atoms in total. The van der Waals surface area contributed by atoms with Gasteiger partial charge in [-0.05, 0) is 31.1 Å². The van der Waals surface area contributed by atoms with E-state index in [0.717, 1.165) is 31.0 Å². The second-order valence-corrected chi connectivity index (χ2v) is 6.44. The molecular formula is C15H27N3. The average molecular weight is 249 g/mol. The van der Waals surface area contributed by atoms with Crippen LogP contribution in [0.5, 0.6) is 0 Å². The molecule has 1 heterocycles. The zero-order chi connectivity index (χ0) is 13.0. The SMILES string of the molecule is CC(C)C1CC(NC2CCCC2)CN(CC#N)C1. The summed E-state index contributed by atoms with van der Waals surface area (Å²) in [7, 11) is 0. The summed E-state index contributed by atoms with van der Waals surface area (Å²) >= 11 is 0. The molecule has 0 bridgehead atoms. The second-order valence-electron chi connectivity index (χ2n) is 6.44. The zero-order valence-corrected chi connectivity index (χ0v) is 11.9. The van der Waals surface area contributed by atoms with Gasteiger partial charge in [-0.3, -0.25) is 4.90 Å². The molecule has 2 aliphatic rings. The number of piperidine rings is 1. The Morgan fingerprint density at radius 3 is 2.56 bits per heavy atom. The van der Waals surface area contributed by atoms with Gasteiger partial charge in [-0.15, -0.1) is 0 Å². The van der Waals surface area contributed by atoms with Gasteiger partial charge in [-0.2, -0.15) is 5.26 Å². The summed E-state index contributed by atoms with van der Waals surface area (Å²) in [5, 5.41) is 12.7. The van der Waals surface area contributed by atoms with Gasteiger partial charge >= 0.3 is 0 Å². The predicted molar refractivity (Wildman–Crippen MR) is 74.2 cm³/mol. The summed E-state index contributed by atoms with van der Waals surface area (Å²) in [4.78, 5) is 2.33. The smallest absolute Gasteiger partial charge is 0.0866 e. The van der Waals surface area contributed by atoms with Gasteiger partial charge in [0.15, 0.2) is 0 Å². The van der Waals surface area contributed by atoms with E-state index in [4.69, 9.17) is 5.26 Å². The van der Waals surface area contributed by atoms with Crippen molar-refractivity contribution in [2.45, 2.75) is 58.0 Å². The minimum atomic E-state index is 0.589. The fourth-order valence-corrected chi connectivity index (χ4v) is 3.49. The van der Waals surface area contributed by atoms with Crippen molar-refractivity contribution in [1.82, 2.24) is 10.2 Å². The molecule has 3 heteroatoms. The minimum Gasteiger partial charge on any atom is -0.310 e. The van der Waals surface area contributed by atoms with Crippen molar-refractivity contribution in [1.29, 1.82) is 5.26 Å². The van der Waals surface area contributed by atoms with E-state index < -0.39 is 0 Å². The first-order valence-corrected chi connectivity index (χ1v) is 7.54. The van der Waals surface area contributed by atoms with Gasteiger partial charge in [0.2, 0.25) is 0 Å². The normalized spacial score (nSPS) is 30.8. The fourth-order valence-electron chi connectivity index (χ4n) is 3.49. The van der Waals surface area contributed by atoms with E-state index in [1.54, 1.807) is 0 Å². The molecule has 1 saturated carbocycles. The van der Waals surface area contributed by atoms with Gasteiger partial charge in [-0.25, -0.2) is 0 Å². The van der Waals surface area contributed by atoms with Crippen LogP contribution in [0.25, 0.3) is 0 Å². The molecule has 1 aliphatic heterocycles. The number of nitrogens with one attached hydrogen (secondary N) is 1. The van der Waals surface area contributed by atoms with Gasteiger partial charge in [0.25, 0.3) is 0 Å². The Morgan fingerprint density at radius 1 is 1.22 bits per heavy atom. The van der Waals surface area contributed by atoms with Gasteiger partial charge in [-0.1, -0.05) is 26.7 Å². The van der Waals surface area contributed by atoms with Crippen molar-refractivity contribution in [2.24, 2.45) is 11.8 Å². The van der Waals surface area contributed by atoms with Crippen molar-refractivity contribution in [3.05, 3.63) is 0 Å². The first-order chi connectivity index (χ1) is 8.69. The highest BCUT2D eigenvalue weighted by Crippen LogP contribution is 2.26. The van der Waals surface area contributed by atoms with E-state index in [1.165, 1.54) is 32.1 Å². The predicted octanol–water partition coefficient (Wildman–Crippen LogP) is 2.39. The Morgan fingerprint density at radius 2 is 1.94 bits per heavy atom. The van der Waals surface area contributed by atoms with Gasteiger partial charge in [0, 0.05) is 25.2 Å². The van der Waals surface area contributed by atoms with Crippen LogP contribution in [0.4, 0.5) is 0 Å². The Kier molecular flexibility index (Phi) is 5.03. The van der Waals surface area contributed by atoms with Crippen LogP contribution in [-0.4, -0.2) is 36.6 Å². The minimum absolute atomic E-state index is 0.589. The third-order valence-corrected chi connectivity index (χ3v) is 4.62. The van der Waals surface area contributed by atoms with Crippen molar-refractivity contribution >= 4 is 0 Å². The van der Waals surface area contributed by atoms with Crippen LogP contribution in [0.1, 0.15) is 46.0 Å². The van der Waals surface area contributed by atoms with Crippen LogP contribution in [0.15, 0.2) is 0 Å². The molecule has 2 rings (SSSR count). The Balaban J connectivity index is 1.89. The monoisotopic (exact) mass is 249 g/mol. The number of rotatable bonds is 4. The number of hydrogen-bond donors (Lipinski definition) is 1. The molecule has 1 N–H and O–H groups in total. The fraction of sp³-hybridized carbons (Fsp3) is 0.933. The lowest BCUT2D eigenvalue weighted by molar-refractivity contribution is 0.122. The highest BCUT2D eigenvalue weighted by atomic mass is 15.2. The Bertz CT molecular complexity index is 287. The molecule has 0 radical (unpaired) electrons. The van der Waals surface area contributed by atoms with Crippen LogP contribution in [0, 0.1) is 23.2 Å². The lowest BCUT2D eigenvalue weighted by atomic mass is 9.85. The van der Waals surface area contributed by atoms with Gasteiger partial charge in [0.1, 0.15) is 0 Å². The van der Waals surface area contributed by atoms with E-state index in [2.05, 4.69) is 30.1 Å². The van der Waals surface area contributed by atoms with Crippen molar-refractivity contribution in [3.8, 4) is 6.07 Å². The van der Waals surface area contributed by atoms with E-state index in [9.17, 15) is 0 Å².